The second-order valence-corrected chi connectivity index (χ2v) is 14.1. The van der Waals surface area contributed by atoms with Gasteiger partial charge in [0.15, 0.2) is 0 Å². The number of carbonyl (C=O) groups is 1. The van der Waals surface area contributed by atoms with E-state index in [1.54, 1.807) is 0 Å². The van der Waals surface area contributed by atoms with Crippen LogP contribution in [0.25, 0.3) is 0 Å². The zero-order valence-corrected chi connectivity index (χ0v) is 30.7. The van der Waals surface area contributed by atoms with E-state index in [-0.39, 0.29) is 12.5 Å². The van der Waals surface area contributed by atoms with Gasteiger partial charge in [0.1, 0.15) is 0 Å². The predicted octanol–water partition coefficient (Wildman–Crippen LogP) is 12.3. The van der Waals surface area contributed by atoms with Crippen LogP contribution in [0.15, 0.2) is 12.2 Å². The second-order valence-electron chi connectivity index (χ2n) is 14.1. The van der Waals surface area contributed by atoms with Gasteiger partial charge in [-0.1, -0.05) is 199 Å². The van der Waals surface area contributed by atoms with E-state index >= 15 is 0 Å². The fraction of sp³-hybridized carbons (Fsp3) is 0.927. The smallest absolute Gasteiger partial charge is 0.220 e. The summed E-state index contributed by atoms with van der Waals surface area (Å²) >= 11 is 0. The van der Waals surface area contributed by atoms with Gasteiger partial charge in [0, 0.05) is 6.42 Å². The topological polar surface area (TPSA) is 69.6 Å². The number of unbranched alkanes of at least 4 members (excludes halogenated alkanes) is 28. The van der Waals surface area contributed by atoms with Crippen LogP contribution in [0.1, 0.15) is 226 Å². The Balaban J connectivity index is 3.44. The molecule has 0 aromatic rings. The van der Waals surface area contributed by atoms with E-state index in [0.29, 0.717) is 12.8 Å². The molecule has 0 bridgehead atoms. The standard InChI is InChI=1S/C41H81NO3/c1-3-5-7-9-11-13-14-15-16-17-18-19-20-21-22-23-24-25-26-27-29-30-32-34-36-40(44)39(38-43)42-41(45)37-35-33-31-28-12-10-8-6-4-2/h28,31,39-40,43-44H,3-27,29-30,32-38H2,1-2H3,(H,42,45)/b31-28-. The van der Waals surface area contributed by atoms with Gasteiger partial charge in [-0.15, -0.1) is 0 Å². The molecule has 0 aliphatic heterocycles. The van der Waals surface area contributed by atoms with E-state index in [1.807, 2.05) is 0 Å². The summed E-state index contributed by atoms with van der Waals surface area (Å²) in [5.74, 6) is -0.0657. The van der Waals surface area contributed by atoms with E-state index < -0.39 is 12.1 Å². The first-order valence-corrected chi connectivity index (χ1v) is 20.4. The molecule has 2 unspecified atom stereocenters. The minimum Gasteiger partial charge on any atom is -0.394 e. The van der Waals surface area contributed by atoms with Gasteiger partial charge in [-0.25, -0.2) is 0 Å². The van der Waals surface area contributed by atoms with Crippen LogP contribution in [0.5, 0.6) is 0 Å². The molecule has 0 aromatic heterocycles. The molecule has 268 valence electrons. The summed E-state index contributed by atoms with van der Waals surface area (Å²) < 4.78 is 0. The van der Waals surface area contributed by atoms with Gasteiger partial charge < -0.3 is 15.5 Å². The quantitative estimate of drug-likeness (QED) is 0.0470. The first-order chi connectivity index (χ1) is 22.2. The SMILES string of the molecule is CCCCCC/C=C\CCCC(=O)NC(CO)C(O)CCCCCCCCCCCCCCCCCCCCCCCCCC. The first kappa shape index (κ1) is 44.1. The molecule has 0 aromatic carbocycles. The van der Waals surface area contributed by atoms with Gasteiger partial charge in [-0.2, -0.15) is 0 Å². The van der Waals surface area contributed by atoms with Crippen molar-refractivity contribution < 1.29 is 15.0 Å². The van der Waals surface area contributed by atoms with Crippen molar-refractivity contribution in [3.05, 3.63) is 12.2 Å². The van der Waals surface area contributed by atoms with E-state index in [2.05, 4.69) is 31.3 Å². The Labute approximate surface area is 282 Å². The molecule has 0 saturated heterocycles. The van der Waals surface area contributed by atoms with E-state index in [0.717, 1.165) is 32.1 Å². The third kappa shape index (κ3) is 34.3. The molecule has 0 aliphatic carbocycles. The molecule has 0 aliphatic rings. The molecule has 0 spiro atoms. The third-order valence-corrected chi connectivity index (χ3v) is 9.53. The van der Waals surface area contributed by atoms with Gasteiger partial charge in [0.05, 0.1) is 18.8 Å². The molecule has 2 atom stereocenters. The van der Waals surface area contributed by atoms with Crippen molar-refractivity contribution in [3.63, 3.8) is 0 Å². The molecule has 3 N–H and O–H groups in total. The monoisotopic (exact) mass is 636 g/mol. The Morgan fingerprint density at radius 1 is 0.511 bits per heavy atom. The number of aliphatic hydroxyl groups is 2. The van der Waals surface area contributed by atoms with Crippen molar-refractivity contribution >= 4 is 5.91 Å². The highest BCUT2D eigenvalue weighted by molar-refractivity contribution is 5.76. The molecule has 0 heterocycles. The molecule has 0 rings (SSSR count). The summed E-state index contributed by atoms with van der Waals surface area (Å²) in [6.07, 6.45) is 45.9. The number of hydrogen-bond acceptors (Lipinski definition) is 3. The Kier molecular flexibility index (Phi) is 36.9. The maximum atomic E-state index is 12.2. The summed E-state index contributed by atoms with van der Waals surface area (Å²) in [5, 5.41) is 23.0. The lowest BCUT2D eigenvalue weighted by Gasteiger charge is -2.22. The molecule has 0 radical (unpaired) electrons. The lowest BCUT2D eigenvalue weighted by atomic mass is 10.0. The van der Waals surface area contributed by atoms with E-state index in [4.69, 9.17) is 0 Å². The van der Waals surface area contributed by atoms with Crippen molar-refractivity contribution in [1.29, 1.82) is 0 Å². The number of rotatable bonds is 37. The van der Waals surface area contributed by atoms with Gasteiger partial charge in [-0.3, -0.25) is 4.79 Å². The average molecular weight is 636 g/mol. The van der Waals surface area contributed by atoms with E-state index in [1.165, 1.54) is 167 Å². The van der Waals surface area contributed by atoms with Crippen molar-refractivity contribution in [2.24, 2.45) is 0 Å². The van der Waals surface area contributed by atoms with E-state index in [9.17, 15) is 15.0 Å². The highest BCUT2D eigenvalue weighted by Crippen LogP contribution is 2.16. The number of hydrogen-bond donors (Lipinski definition) is 3. The maximum Gasteiger partial charge on any atom is 0.220 e. The van der Waals surface area contributed by atoms with Crippen molar-refractivity contribution in [2.75, 3.05) is 6.61 Å². The van der Waals surface area contributed by atoms with Crippen LogP contribution in [0.3, 0.4) is 0 Å². The molecule has 0 saturated carbocycles. The maximum absolute atomic E-state index is 12.2. The molecule has 45 heavy (non-hydrogen) atoms. The van der Waals surface area contributed by atoms with Gasteiger partial charge in [0.2, 0.25) is 5.91 Å². The number of allylic oxidation sites excluding steroid dienone is 2. The minimum absolute atomic E-state index is 0.0657. The minimum atomic E-state index is -0.665. The highest BCUT2D eigenvalue weighted by Gasteiger charge is 2.19. The van der Waals surface area contributed by atoms with Crippen LogP contribution in [-0.2, 0) is 4.79 Å². The average Bonchev–Trinajstić information content (AvgIpc) is 3.04. The van der Waals surface area contributed by atoms with Crippen LogP contribution in [0.4, 0.5) is 0 Å². The van der Waals surface area contributed by atoms with Gasteiger partial charge in [0.25, 0.3) is 0 Å². The van der Waals surface area contributed by atoms with Crippen molar-refractivity contribution in [1.82, 2.24) is 5.32 Å². The molecular weight excluding hydrogens is 554 g/mol. The van der Waals surface area contributed by atoms with Crippen molar-refractivity contribution in [2.45, 2.75) is 238 Å². The fourth-order valence-electron chi connectivity index (χ4n) is 6.36. The summed E-state index contributed by atoms with van der Waals surface area (Å²) in [6, 6.07) is -0.545. The Bertz CT molecular complexity index is 608. The lowest BCUT2D eigenvalue weighted by molar-refractivity contribution is -0.123. The Morgan fingerprint density at radius 2 is 0.844 bits per heavy atom. The number of aliphatic hydroxyl groups excluding tert-OH is 2. The zero-order valence-electron chi connectivity index (χ0n) is 30.7. The summed E-state index contributed by atoms with van der Waals surface area (Å²) in [4.78, 5) is 12.2. The largest absolute Gasteiger partial charge is 0.394 e. The summed E-state index contributed by atoms with van der Waals surface area (Å²) in [7, 11) is 0. The number of nitrogens with one attached hydrogen (secondary N) is 1. The molecule has 1 amide bonds. The second kappa shape index (κ2) is 37.6. The molecular formula is C41H81NO3. The normalized spacial score (nSPS) is 13.1. The van der Waals surface area contributed by atoms with Crippen molar-refractivity contribution in [3.8, 4) is 0 Å². The molecule has 4 heteroatoms. The molecule has 0 fully saturated rings. The van der Waals surface area contributed by atoms with Crippen LogP contribution in [-0.4, -0.2) is 34.9 Å². The van der Waals surface area contributed by atoms with Crippen LogP contribution >= 0.6 is 0 Å². The van der Waals surface area contributed by atoms with Crippen LogP contribution < -0.4 is 5.32 Å². The zero-order chi connectivity index (χ0) is 32.9. The highest BCUT2D eigenvalue weighted by atomic mass is 16.3. The third-order valence-electron chi connectivity index (χ3n) is 9.53. The number of carbonyl (C=O) groups excluding carboxylic acids is 1. The summed E-state index contributed by atoms with van der Waals surface area (Å²) in [6.45, 7) is 4.32. The van der Waals surface area contributed by atoms with Gasteiger partial charge >= 0.3 is 0 Å². The van der Waals surface area contributed by atoms with Crippen LogP contribution in [0.2, 0.25) is 0 Å². The fourth-order valence-corrected chi connectivity index (χ4v) is 6.36. The first-order valence-electron chi connectivity index (χ1n) is 20.4. The predicted molar refractivity (Wildman–Crippen MR) is 198 cm³/mol. The van der Waals surface area contributed by atoms with Crippen LogP contribution in [0, 0.1) is 0 Å². The van der Waals surface area contributed by atoms with Gasteiger partial charge in [-0.05, 0) is 32.1 Å². The number of amides is 1. The Morgan fingerprint density at radius 3 is 1.22 bits per heavy atom. The Hall–Kier alpha value is -0.870. The molecule has 4 nitrogen and oxygen atoms in total. The summed E-state index contributed by atoms with van der Waals surface area (Å²) in [5.41, 5.74) is 0. The lowest BCUT2D eigenvalue weighted by Crippen LogP contribution is -2.45.